The molecule has 34 heavy (non-hydrogen) atoms. The zero-order valence-electron chi connectivity index (χ0n) is 19.2. The second-order valence-corrected chi connectivity index (χ2v) is 9.10. The molecule has 1 atom stereocenters. The van der Waals surface area contributed by atoms with E-state index < -0.39 is 5.60 Å². The smallest absolute Gasteiger partial charge is 0.251 e. The van der Waals surface area contributed by atoms with Crippen LogP contribution in [0.25, 0.3) is 22.0 Å². The normalized spacial score (nSPS) is 13.2. The van der Waals surface area contributed by atoms with Gasteiger partial charge in [0.25, 0.3) is 5.56 Å². The Bertz CT molecular complexity index is 1580. The highest BCUT2D eigenvalue weighted by Crippen LogP contribution is 2.39. The molecule has 6 heteroatoms. The quantitative estimate of drug-likeness (QED) is 0.394. The Morgan fingerprint density at radius 2 is 1.68 bits per heavy atom. The summed E-state index contributed by atoms with van der Waals surface area (Å²) in [6, 6.07) is 22.6. The monoisotopic (exact) mass is 469 g/mol. The Hall–Kier alpha value is -3.67. The maximum atomic E-state index is 12.8. The van der Waals surface area contributed by atoms with E-state index in [0.29, 0.717) is 21.8 Å². The van der Waals surface area contributed by atoms with Gasteiger partial charge in [-0.2, -0.15) is 0 Å². The average molecular weight is 470 g/mol. The topological polar surface area (TPSA) is 60.1 Å². The van der Waals surface area contributed by atoms with E-state index in [1.165, 1.54) is 0 Å². The minimum absolute atomic E-state index is 0.0867. The maximum Gasteiger partial charge on any atom is 0.251 e. The summed E-state index contributed by atoms with van der Waals surface area (Å²) in [5.41, 5.74) is 4.06. The second kappa shape index (κ2) is 8.28. The van der Waals surface area contributed by atoms with Crippen LogP contribution in [0.3, 0.4) is 0 Å². The zero-order valence-corrected chi connectivity index (χ0v) is 19.9. The van der Waals surface area contributed by atoms with Crippen LogP contribution in [0, 0.1) is 6.92 Å². The number of aryl methyl sites for hydroxylation is 3. The van der Waals surface area contributed by atoms with Crippen LogP contribution in [0.2, 0.25) is 5.02 Å². The van der Waals surface area contributed by atoms with E-state index in [-0.39, 0.29) is 5.56 Å². The van der Waals surface area contributed by atoms with Crippen LogP contribution in [0.5, 0.6) is 0 Å². The largest absolute Gasteiger partial charge is 0.374 e. The van der Waals surface area contributed by atoms with Crippen LogP contribution in [0.4, 0.5) is 0 Å². The van der Waals surface area contributed by atoms with Gasteiger partial charge in [0.1, 0.15) is 0 Å². The van der Waals surface area contributed by atoms with E-state index in [4.69, 9.17) is 11.6 Å². The van der Waals surface area contributed by atoms with Crippen molar-refractivity contribution in [3.05, 3.63) is 123 Å². The SMILES string of the molecule is Cc1cccc(-c2cc(=O)n(C)c3ccc(C(O)(c4ccc(Cl)cc4)c4cncn4C)cc23)c1. The lowest BCUT2D eigenvalue weighted by Crippen LogP contribution is -2.31. The van der Waals surface area contributed by atoms with Crippen LogP contribution in [-0.2, 0) is 19.7 Å². The summed E-state index contributed by atoms with van der Waals surface area (Å²) in [5, 5.41) is 13.8. The molecule has 5 nitrogen and oxygen atoms in total. The minimum Gasteiger partial charge on any atom is -0.374 e. The summed E-state index contributed by atoms with van der Waals surface area (Å²) in [6.07, 6.45) is 3.33. The number of rotatable bonds is 4. The van der Waals surface area contributed by atoms with E-state index in [1.54, 1.807) is 46.9 Å². The fraction of sp³-hybridized carbons (Fsp3) is 0.143. The fourth-order valence-electron chi connectivity index (χ4n) is 4.60. The van der Waals surface area contributed by atoms with E-state index in [1.807, 2.05) is 62.5 Å². The molecular formula is C28H24ClN3O2. The van der Waals surface area contributed by atoms with Gasteiger partial charge in [0.15, 0.2) is 5.60 Å². The number of hydrogen-bond donors (Lipinski definition) is 1. The third-order valence-electron chi connectivity index (χ3n) is 6.44. The van der Waals surface area contributed by atoms with E-state index in [9.17, 15) is 9.90 Å². The molecule has 0 saturated heterocycles. The Balaban J connectivity index is 1.84. The molecule has 3 aromatic carbocycles. The minimum atomic E-state index is -1.48. The van der Waals surface area contributed by atoms with Crippen LogP contribution < -0.4 is 5.56 Å². The number of fused-ring (bicyclic) bond motifs is 1. The zero-order chi connectivity index (χ0) is 24.0. The van der Waals surface area contributed by atoms with Gasteiger partial charge in [-0.3, -0.25) is 4.79 Å². The molecule has 0 radical (unpaired) electrons. The van der Waals surface area contributed by atoms with Gasteiger partial charge < -0.3 is 14.2 Å². The molecule has 1 N–H and O–H groups in total. The van der Waals surface area contributed by atoms with Gasteiger partial charge >= 0.3 is 0 Å². The summed E-state index contributed by atoms with van der Waals surface area (Å²) >= 11 is 6.14. The van der Waals surface area contributed by atoms with Crippen molar-refractivity contribution in [2.45, 2.75) is 12.5 Å². The van der Waals surface area contributed by atoms with E-state index in [0.717, 1.165) is 27.6 Å². The first-order valence-corrected chi connectivity index (χ1v) is 11.3. The van der Waals surface area contributed by atoms with Crippen LogP contribution in [0.1, 0.15) is 22.4 Å². The van der Waals surface area contributed by atoms with Crippen molar-refractivity contribution in [1.29, 1.82) is 0 Å². The molecule has 0 bridgehead atoms. The van der Waals surface area contributed by atoms with Crippen molar-refractivity contribution in [3.63, 3.8) is 0 Å². The number of pyridine rings is 1. The predicted molar refractivity (Wildman–Crippen MR) is 136 cm³/mol. The summed E-state index contributed by atoms with van der Waals surface area (Å²) in [4.78, 5) is 17.0. The van der Waals surface area contributed by atoms with Crippen molar-refractivity contribution in [2.75, 3.05) is 0 Å². The van der Waals surface area contributed by atoms with E-state index in [2.05, 4.69) is 11.1 Å². The summed E-state index contributed by atoms with van der Waals surface area (Å²) in [5.74, 6) is 0. The Morgan fingerprint density at radius 3 is 2.35 bits per heavy atom. The van der Waals surface area contributed by atoms with Crippen molar-refractivity contribution in [3.8, 4) is 11.1 Å². The first-order chi connectivity index (χ1) is 16.3. The number of aromatic nitrogens is 3. The third-order valence-corrected chi connectivity index (χ3v) is 6.69. The van der Waals surface area contributed by atoms with Gasteiger partial charge in [0.05, 0.1) is 23.7 Å². The molecule has 0 aliphatic carbocycles. The van der Waals surface area contributed by atoms with Crippen molar-refractivity contribution >= 4 is 22.5 Å². The van der Waals surface area contributed by atoms with Crippen LogP contribution >= 0.6 is 11.6 Å². The summed E-state index contributed by atoms with van der Waals surface area (Å²) < 4.78 is 3.44. The van der Waals surface area contributed by atoms with Crippen molar-refractivity contribution in [2.24, 2.45) is 14.1 Å². The highest BCUT2D eigenvalue weighted by Gasteiger charge is 2.37. The molecule has 170 valence electrons. The van der Waals surface area contributed by atoms with Crippen molar-refractivity contribution in [1.82, 2.24) is 14.1 Å². The number of hydrogen-bond acceptors (Lipinski definition) is 3. The molecule has 0 aliphatic heterocycles. The molecule has 5 rings (SSSR count). The Kier molecular flexibility index (Phi) is 5.39. The molecule has 0 saturated carbocycles. The summed E-state index contributed by atoms with van der Waals surface area (Å²) in [7, 11) is 3.61. The van der Waals surface area contributed by atoms with Gasteiger partial charge in [0, 0.05) is 30.6 Å². The van der Waals surface area contributed by atoms with Crippen LogP contribution in [-0.4, -0.2) is 19.2 Å². The molecule has 2 aromatic heterocycles. The van der Waals surface area contributed by atoms with Crippen LogP contribution in [0.15, 0.2) is 90.1 Å². The molecule has 0 spiro atoms. The van der Waals surface area contributed by atoms with Crippen molar-refractivity contribution < 1.29 is 5.11 Å². The van der Waals surface area contributed by atoms with E-state index >= 15 is 0 Å². The third kappa shape index (κ3) is 3.54. The van der Waals surface area contributed by atoms with Gasteiger partial charge in [-0.05, 0) is 53.4 Å². The number of imidazole rings is 1. The molecule has 1 unspecified atom stereocenters. The van der Waals surface area contributed by atoms with Gasteiger partial charge in [-0.25, -0.2) is 4.98 Å². The lowest BCUT2D eigenvalue weighted by molar-refractivity contribution is 0.117. The Labute approximate surface area is 202 Å². The highest BCUT2D eigenvalue weighted by molar-refractivity contribution is 6.30. The molecule has 0 aliphatic rings. The Morgan fingerprint density at radius 1 is 0.941 bits per heavy atom. The first-order valence-electron chi connectivity index (χ1n) is 11.0. The molecule has 0 amide bonds. The molecular weight excluding hydrogens is 446 g/mol. The predicted octanol–water partition coefficient (Wildman–Crippen LogP) is 5.19. The molecule has 0 fully saturated rings. The lowest BCUT2D eigenvalue weighted by Gasteiger charge is -2.30. The first kappa shape index (κ1) is 22.1. The van der Waals surface area contributed by atoms with Gasteiger partial charge in [-0.1, -0.05) is 59.6 Å². The average Bonchev–Trinajstić information content (AvgIpc) is 3.27. The van der Waals surface area contributed by atoms with Gasteiger partial charge in [0.2, 0.25) is 0 Å². The number of aliphatic hydroxyl groups is 1. The number of halogens is 1. The second-order valence-electron chi connectivity index (χ2n) is 8.66. The standard InChI is InChI=1S/C28H24ClN3O2/c1-18-5-4-6-19(13-18)23-15-27(33)32(3)25-12-9-21(14-24(23)25)28(34,26-16-30-17-31(26)2)20-7-10-22(29)11-8-20/h4-17,34H,1-3H3. The fourth-order valence-corrected chi connectivity index (χ4v) is 4.72. The number of nitrogens with zero attached hydrogens (tertiary/aromatic N) is 3. The summed E-state index contributed by atoms with van der Waals surface area (Å²) in [6.45, 7) is 2.03. The molecule has 2 heterocycles. The maximum absolute atomic E-state index is 12.8. The lowest BCUT2D eigenvalue weighted by atomic mass is 9.82. The highest BCUT2D eigenvalue weighted by atomic mass is 35.5. The van der Waals surface area contributed by atoms with Gasteiger partial charge in [-0.15, -0.1) is 0 Å². The molecule has 5 aromatic rings. The number of benzene rings is 3.